The van der Waals surface area contributed by atoms with Crippen molar-refractivity contribution in [2.75, 3.05) is 33.9 Å². The molecule has 8 heteroatoms. The van der Waals surface area contributed by atoms with Gasteiger partial charge in [-0.2, -0.15) is 0 Å². The fourth-order valence-electron chi connectivity index (χ4n) is 2.13. The molecule has 0 aliphatic rings. The molecule has 2 aromatic rings. The van der Waals surface area contributed by atoms with Crippen molar-refractivity contribution < 1.29 is 19.1 Å². The maximum absolute atomic E-state index is 12.7. The minimum Gasteiger partial charge on any atom is -0.469 e. The van der Waals surface area contributed by atoms with Gasteiger partial charge in [0.1, 0.15) is 9.88 Å². The molecule has 25 heavy (non-hydrogen) atoms. The predicted octanol–water partition coefficient (Wildman–Crippen LogP) is 3.12. The van der Waals surface area contributed by atoms with Gasteiger partial charge in [0, 0.05) is 25.8 Å². The number of thiazole rings is 1. The van der Waals surface area contributed by atoms with E-state index < -0.39 is 0 Å². The number of carbonyl (C=O) groups excluding carboxylic acids is 2. The van der Waals surface area contributed by atoms with Crippen LogP contribution < -0.4 is 0 Å². The van der Waals surface area contributed by atoms with Crippen LogP contribution in [0.1, 0.15) is 16.1 Å². The van der Waals surface area contributed by atoms with Crippen molar-refractivity contribution in [3.8, 4) is 10.6 Å². The Morgan fingerprint density at radius 3 is 2.68 bits per heavy atom. The third kappa shape index (κ3) is 5.26. The molecule has 0 aliphatic carbocycles. The van der Waals surface area contributed by atoms with Crippen molar-refractivity contribution in [3.05, 3.63) is 40.4 Å². The van der Waals surface area contributed by atoms with Gasteiger partial charge >= 0.3 is 5.97 Å². The van der Waals surface area contributed by atoms with Gasteiger partial charge in [0.05, 0.1) is 31.4 Å². The number of benzene rings is 1. The number of carbonyl (C=O) groups is 2. The highest BCUT2D eigenvalue weighted by Gasteiger charge is 2.20. The Kier molecular flexibility index (Phi) is 7.36. The number of aromatic nitrogens is 1. The lowest BCUT2D eigenvalue weighted by Crippen LogP contribution is -2.35. The second-order valence-corrected chi connectivity index (χ2v) is 6.56. The van der Waals surface area contributed by atoms with Crippen LogP contribution >= 0.6 is 22.9 Å². The zero-order valence-corrected chi connectivity index (χ0v) is 15.6. The highest BCUT2D eigenvalue weighted by Crippen LogP contribution is 2.31. The maximum Gasteiger partial charge on any atom is 0.307 e. The van der Waals surface area contributed by atoms with Crippen LogP contribution in [0, 0.1) is 0 Å². The summed E-state index contributed by atoms with van der Waals surface area (Å²) in [7, 11) is 2.88. The van der Waals surface area contributed by atoms with E-state index in [0.717, 1.165) is 5.56 Å². The average molecular weight is 383 g/mol. The van der Waals surface area contributed by atoms with E-state index in [4.69, 9.17) is 16.3 Å². The number of amides is 1. The molecular formula is C17H19ClN2O4S. The molecule has 1 aromatic carbocycles. The first-order valence-electron chi connectivity index (χ1n) is 7.62. The summed E-state index contributed by atoms with van der Waals surface area (Å²) < 4.78 is 9.68. The van der Waals surface area contributed by atoms with E-state index in [1.165, 1.54) is 24.6 Å². The summed E-state index contributed by atoms with van der Waals surface area (Å²) in [5, 5.41) is 1.26. The van der Waals surface area contributed by atoms with E-state index in [1.807, 2.05) is 18.2 Å². The van der Waals surface area contributed by atoms with Crippen molar-refractivity contribution in [1.29, 1.82) is 0 Å². The van der Waals surface area contributed by atoms with Gasteiger partial charge in [-0.15, -0.1) is 11.3 Å². The van der Waals surface area contributed by atoms with Gasteiger partial charge in [-0.1, -0.05) is 29.8 Å². The standard InChI is InChI=1S/C17H19ClN2O4S/c1-23-10-9-20(8-7-15(21)24-2)17(22)14-11-19-16(25-14)12-5-3-4-6-13(12)18/h3-6,11H,7-10H2,1-2H3. The fraction of sp³-hybridized carbons (Fsp3) is 0.353. The molecular weight excluding hydrogens is 364 g/mol. The number of hydrogen-bond donors (Lipinski definition) is 0. The van der Waals surface area contributed by atoms with Gasteiger partial charge in [0.2, 0.25) is 0 Å². The van der Waals surface area contributed by atoms with Crippen LogP contribution in [-0.2, 0) is 14.3 Å². The van der Waals surface area contributed by atoms with Crippen LogP contribution in [0.3, 0.4) is 0 Å². The molecule has 0 spiro atoms. The van der Waals surface area contributed by atoms with Crippen LogP contribution in [0.2, 0.25) is 5.02 Å². The van der Waals surface area contributed by atoms with Crippen LogP contribution in [0.25, 0.3) is 10.6 Å². The molecule has 0 atom stereocenters. The second-order valence-electron chi connectivity index (χ2n) is 5.12. The lowest BCUT2D eigenvalue weighted by Gasteiger charge is -2.20. The van der Waals surface area contributed by atoms with Crippen molar-refractivity contribution >= 4 is 34.8 Å². The molecule has 0 N–H and O–H groups in total. The summed E-state index contributed by atoms with van der Waals surface area (Å²) in [6.07, 6.45) is 1.66. The molecule has 0 fully saturated rings. The Morgan fingerprint density at radius 2 is 2.00 bits per heavy atom. The molecule has 1 amide bonds. The van der Waals surface area contributed by atoms with Crippen molar-refractivity contribution in [2.24, 2.45) is 0 Å². The van der Waals surface area contributed by atoms with E-state index in [1.54, 1.807) is 18.1 Å². The fourth-order valence-corrected chi connectivity index (χ4v) is 3.34. The number of halogens is 1. The Balaban J connectivity index is 2.15. The maximum atomic E-state index is 12.7. The first kappa shape index (κ1) is 19.4. The minimum absolute atomic E-state index is 0.127. The van der Waals surface area contributed by atoms with Gasteiger partial charge < -0.3 is 14.4 Å². The van der Waals surface area contributed by atoms with Crippen LogP contribution in [0.15, 0.2) is 30.5 Å². The van der Waals surface area contributed by atoms with E-state index in [2.05, 4.69) is 9.72 Å². The van der Waals surface area contributed by atoms with E-state index in [0.29, 0.717) is 28.1 Å². The largest absolute Gasteiger partial charge is 0.469 e. The van der Waals surface area contributed by atoms with Crippen LogP contribution in [0.4, 0.5) is 0 Å². The second kappa shape index (κ2) is 9.50. The molecule has 0 unspecified atom stereocenters. The Hall–Kier alpha value is -1.96. The Bertz CT molecular complexity index is 735. The zero-order chi connectivity index (χ0) is 18.2. The highest BCUT2D eigenvalue weighted by atomic mass is 35.5. The molecule has 0 saturated heterocycles. The summed E-state index contributed by atoms with van der Waals surface area (Å²) in [4.78, 5) is 30.4. The number of rotatable bonds is 8. The monoisotopic (exact) mass is 382 g/mol. The summed E-state index contributed by atoms with van der Waals surface area (Å²) in [6.45, 7) is 1.02. The smallest absolute Gasteiger partial charge is 0.307 e. The van der Waals surface area contributed by atoms with Gasteiger partial charge in [-0.05, 0) is 6.07 Å². The SMILES string of the molecule is COCCN(CCC(=O)OC)C(=O)c1cnc(-c2ccccc2Cl)s1. The molecule has 0 aliphatic heterocycles. The van der Waals surface area contributed by atoms with Gasteiger partial charge in [-0.3, -0.25) is 9.59 Å². The molecule has 6 nitrogen and oxygen atoms in total. The third-order valence-corrected chi connectivity index (χ3v) is 4.84. The van der Waals surface area contributed by atoms with E-state index in [9.17, 15) is 9.59 Å². The lowest BCUT2D eigenvalue weighted by atomic mass is 10.2. The number of hydrogen-bond acceptors (Lipinski definition) is 6. The third-order valence-electron chi connectivity index (χ3n) is 3.49. The summed E-state index contributed by atoms with van der Waals surface area (Å²) in [6, 6.07) is 7.34. The molecule has 0 saturated carbocycles. The Morgan fingerprint density at radius 1 is 1.24 bits per heavy atom. The quantitative estimate of drug-likeness (QED) is 0.656. The average Bonchev–Trinajstić information content (AvgIpc) is 3.11. The molecule has 0 bridgehead atoms. The zero-order valence-electron chi connectivity index (χ0n) is 14.0. The molecule has 1 aromatic heterocycles. The normalized spacial score (nSPS) is 10.5. The minimum atomic E-state index is -0.365. The van der Waals surface area contributed by atoms with Crippen molar-refractivity contribution in [2.45, 2.75) is 6.42 Å². The first-order chi connectivity index (χ1) is 12.1. The number of ether oxygens (including phenoxy) is 2. The molecule has 134 valence electrons. The van der Waals surface area contributed by atoms with Crippen LogP contribution in [-0.4, -0.2) is 55.7 Å². The topological polar surface area (TPSA) is 68.7 Å². The predicted molar refractivity (Wildman–Crippen MR) is 97.0 cm³/mol. The number of nitrogens with zero attached hydrogens (tertiary/aromatic N) is 2. The molecule has 0 radical (unpaired) electrons. The lowest BCUT2D eigenvalue weighted by molar-refractivity contribution is -0.140. The van der Waals surface area contributed by atoms with Crippen LogP contribution in [0.5, 0.6) is 0 Å². The Labute approximate surface area is 155 Å². The summed E-state index contributed by atoms with van der Waals surface area (Å²) in [5.74, 6) is -0.562. The van der Waals surface area contributed by atoms with Gasteiger partial charge in [0.15, 0.2) is 0 Å². The van der Waals surface area contributed by atoms with Crippen molar-refractivity contribution in [1.82, 2.24) is 9.88 Å². The first-order valence-corrected chi connectivity index (χ1v) is 8.82. The highest BCUT2D eigenvalue weighted by molar-refractivity contribution is 7.17. The molecule has 2 rings (SSSR count). The van der Waals surface area contributed by atoms with E-state index >= 15 is 0 Å². The number of esters is 1. The summed E-state index contributed by atoms with van der Waals surface area (Å²) >= 11 is 7.45. The molecule has 1 heterocycles. The number of methoxy groups -OCH3 is 2. The van der Waals surface area contributed by atoms with Gasteiger partial charge in [0.25, 0.3) is 5.91 Å². The summed E-state index contributed by atoms with van der Waals surface area (Å²) in [5.41, 5.74) is 0.784. The van der Waals surface area contributed by atoms with Gasteiger partial charge in [-0.25, -0.2) is 4.98 Å². The van der Waals surface area contributed by atoms with E-state index in [-0.39, 0.29) is 24.8 Å². The van der Waals surface area contributed by atoms with Crippen molar-refractivity contribution in [3.63, 3.8) is 0 Å².